The van der Waals surface area contributed by atoms with Gasteiger partial charge in [-0.05, 0) is 19.9 Å². The molecule has 1 heterocycles. The summed E-state index contributed by atoms with van der Waals surface area (Å²) < 4.78 is 5.55. The number of fused-ring (bicyclic) bond motifs is 1. The van der Waals surface area contributed by atoms with Gasteiger partial charge in [-0.1, -0.05) is 18.2 Å². The van der Waals surface area contributed by atoms with Gasteiger partial charge in [-0.3, -0.25) is 4.79 Å². The zero-order valence-corrected chi connectivity index (χ0v) is 12.0. The first-order valence-electron chi connectivity index (χ1n) is 6.73. The summed E-state index contributed by atoms with van der Waals surface area (Å²) in [5.74, 6) is -0.859. The lowest BCUT2D eigenvalue weighted by Crippen LogP contribution is -2.37. The Labute approximate surface area is 122 Å². The van der Waals surface area contributed by atoms with Gasteiger partial charge in [0.1, 0.15) is 16.9 Å². The van der Waals surface area contributed by atoms with Gasteiger partial charge < -0.3 is 20.2 Å². The number of carbonyl (C=O) groups excluding carboxylic acids is 1. The van der Waals surface area contributed by atoms with Crippen molar-refractivity contribution in [1.82, 2.24) is 10.6 Å². The molecular weight excluding hydrogens is 272 g/mol. The van der Waals surface area contributed by atoms with Crippen molar-refractivity contribution < 1.29 is 19.1 Å². The summed E-state index contributed by atoms with van der Waals surface area (Å²) in [4.78, 5) is 22.9. The molecule has 0 unspecified atom stereocenters. The number of hydrogen-bond acceptors (Lipinski definition) is 4. The topological polar surface area (TPSA) is 91.6 Å². The van der Waals surface area contributed by atoms with Crippen LogP contribution in [-0.4, -0.2) is 29.6 Å². The summed E-state index contributed by atoms with van der Waals surface area (Å²) >= 11 is 0. The Hall–Kier alpha value is -2.34. The largest absolute Gasteiger partial charge is 0.478 e. The van der Waals surface area contributed by atoms with Crippen molar-refractivity contribution in [2.75, 3.05) is 6.54 Å². The maximum atomic E-state index is 11.5. The Bertz CT molecular complexity index is 661. The first-order valence-corrected chi connectivity index (χ1v) is 6.73. The predicted molar refractivity (Wildman–Crippen MR) is 78.2 cm³/mol. The van der Waals surface area contributed by atoms with E-state index < -0.39 is 5.97 Å². The highest BCUT2D eigenvalue weighted by Gasteiger charge is 2.19. The second kappa shape index (κ2) is 6.41. The van der Waals surface area contributed by atoms with E-state index in [0.717, 1.165) is 0 Å². The average molecular weight is 290 g/mol. The molecule has 1 aromatic carbocycles. The molecule has 2 rings (SSSR count). The number of hydrogen-bond donors (Lipinski definition) is 3. The van der Waals surface area contributed by atoms with E-state index in [9.17, 15) is 14.7 Å². The molecule has 0 spiro atoms. The molecule has 0 fully saturated rings. The Morgan fingerprint density at radius 3 is 2.67 bits per heavy atom. The third kappa shape index (κ3) is 3.61. The SMILES string of the molecule is CC(C)NC(=O)CNCc1oc2ccccc2c1C(=O)O. The van der Waals surface area contributed by atoms with E-state index in [4.69, 9.17) is 4.42 Å². The smallest absolute Gasteiger partial charge is 0.339 e. The van der Waals surface area contributed by atoms with Gasteiger partial charge in [-0.25, -0.2) is 4.79 Å². The Morgan fingerprint density at radius 1 is 1.29 bits per heavy atom. The molecule has 0 radical (unpaired) electrons. The van der Waals surface area contributed by atoms with Crippen LogP contribution in [0.5, 0.6) is 0 Å². The number of aromatic carboxylic acids is 1. The molecule has 0 saturated heterocycles. The summed E-state index contributed by atoms with van der Waals surface area (Å²) in [5.41, 5.74) is 0.667. The van der Waals surface area contributed by atoms with Crippen molar-refractivity contribution in [3.8, 4) is 0 Å². The van der Waals surface area contributed by atoms with Gasteiger partial charge in [0.05, 0.1) is 13.1 Å². The van der Waals surface area contributed by atoms with Crippen LogP contribution in [0.4, 0.5) is 0 Å². The molecule has 1 aromatic heterocycles. The van der Waals surface area contributed by atoms with E-state index in [-0.39, 0.29) is 30.6 Å². The van der Waals surface area contributed by atoms with Gasteiger partial charge in [0, 0.05) is 11.4 Å². The molecule has 21 heavy (non-hydrogen) atoms. The molecule has 0 bridgehead atoms. The summed E-state index contributed by atoms with van der Waals surface area (Å²) in [6, 6.07) is 7.04. The molecule has 0 atom stereocenters. The number of carboxylic acids is 1. The van der Waals surface area contributed by atoms with Crippen molar-refractivity contribution in [1.29, 1.82) is 0 Å². The van der Waals surface area contributed by atoms with Gasteiger partial charge in [0.15, 0.2) is 0 Å². The fourth-order valence-corrected chi connectivity index (χ4v) is 2.12. The maximum absolute atomic E-state index is 11.5. The number of nitrogens with one attached hydrogen (secondary N) is 2. The lowest BCUT2D eigenvalue weighted by molar-refractivity contribution is -0.120. The molecule has 6 heteroatoms. The first-order chi connectivity index (χ1) is 9.99. The van der Waals surface area contributed by atoms with Crippen LogP contribution in [0, 0.1) is 0 Å². The lowest BCUT2D eigenvalue weighted by atomic mass is 10.1. The monoisotopic (exact) mass is 290 g/mol. The third-order valence-corrected chi connectivity index (χ3v) is 2.90. The maximum Gasteiger partial charge on any atom is 0.339 e. The van der Waals surface area contributed by atoms with E-state index in [1.54, 1.807) is 24.3 Å². The molecule has 2 aromatic rings. The van der Waals surface area contributed by atoms with Gasteiger partial charge in [-0.15, -0.1) is 0 Å². The van der Waals surface area contributed by atoms with E-state index in [2.05, 4.69) is 10.6 Å². The molecular formula is C15H18N2O4. The molecule has 6 nitrogen and oxygen atoms in total. The summed E-state index contributed by atoms with van der Waals surface area (Å²) in [6.07, 6.45) is 0. The number of amides is 1. The number of furan rings is 1. The van der Waals surface area contributed by atoms with E-state index in [1.807, 2.05) is 13.8 Å². The highest BCUT2D eigenvalue weighted by molar-refractivity contribution is 6.03. The summed E-state index contributed by atoms with van der Waals surface area (Å²) in [7, 11) is 0. The van der Waals surface area contributed by atoms with Crippen LogP contribution in [0.2, 0.25) is 0 Å². The van der Waals surface area contributed by atoms with Crippen molar-refractivity contribution in [3.05, 3.63) is 35.6 Å². The van der Waals surface area contributed by atoms with Crippen LogP contribution in [0.1, 0.15) is 30.0 Å². The molecule has 0 aliphatic carbocycles. The zero-order valence-electron chi connectivity index (χ0n) is 12.0. The highest BCUT2D eigenvalue weighted by Crippen LogP contribution is 2.25. The minimum Gasteiger partial charge on any atom is -0.478 e. The van der Waals surface area contributed by atoms with Gasteiger partial charge >= 0.3 is 5.97 Å². The minimum absolute atomic E-state index is 0.0695. The number of carboxylic acid groups (broad SMARTS) is 1. The van der Waals surface area contributed by atoms with Crippen LogP contribution >= 0.6 is 0 Å². The minimum atomic E-state index is -1.04. The Kier molecular flexibility index (Phi) is 4.59. The van der Waals surface area contributed by atoms with E-state index in [1.165, 1.54) is 0 Å². The van der Waals surface area contributed by atoms with Gasteiger partial charge in [0.2, 0.25) is 5.91 Å². The highest BCUT2D eigenvalue weighted by atomic mass is 16.4. The first kappa shape index (κ1) is 15.1. The zero-order chi connectivity index (χ0) is 15.4. The second-order valence-electron chi connectivity index (χ2n) is 5.03. The molecule has 0 aliphatic rings. The summed E-state index contributed by atoms with van der Waals surface area (Å²) in [5, 5.41) is 15.5. The van der Waals surface area contributed by atoms with Crippen molar-refractivity contribution in [2.24, 2.45) is 0 Å². The number of rotatable bonds is 6. The van der Waals surface area contributed by atoms with E-state index >= 15 is 0 Å². The van der Waals surface area contributed by atoms with Crippen molar-refractivity contribution in [3.63, 3.8) is 0 Å². The Morgan fingerprint density at radius 2 is 2.00 bits per heavy atom. The Balaban J connectivity index is 2.10. The molecule has 1 amide bonds. The number of benzene rings is 1. The summed E-state index contributed by atoms with van der Waals surface area (Å²) in [6.45, 7) is 4.04. The average Bonchev–Trinajstić information content (AvgIpc) is 2.75. The fraction of sp³-hybridized carbons (Fsp3) is 0.333. The normalized spacial score (nSPS) is 11.0. The van der Waals surface area contributed by atoms with Gasteiger partial charge in [-0.2, -0.15) is 0 Å². The fourth-order valence-electron chi connectivity index (χ4n) is 2.12. The van der Waals surface area contributed by atoms with Gasteiger partial charge in [0.25, 0.3) is 0 Å². The van der Waals surface area contributed by atoms with Crippen molar-refractivity contribution >= 4 is 22.8 Å². The molecule has 0 saturated carbocycles. The molecule has 112 valence electrons. The second-order valence-corrected chi connectivity index (χ2v) is 5.03. The standard InChI is InChI=1S/C15H18N2O4/c1-9(2)17-13(18)8-16-7-12-14(15(19)20)10-5-3-4-6-11(10)21-12/h3-6,9,16H,7-8H2,1-2H3,(H,17,18)(H,19,20). The molecule has 3 N–H and O–H groups in total. The quantitative estimate of drug-likeness (QED) is 0.754. The lowest BCUT2D eigenvalue weighted by Gasteiger charge is -2.08. The number of carbonyl (C=O) groups is 2. The molecule has 0 aliphatic heterocycles. The predicted octanol–water partition coefficient (Wildman–Crippen LogP) is 1.75. The van der Waals surface area contributed by atoms with E-state index in [0.29, 0.717) is 16.7 Å². The number of para-hydroxylation sites is 1. The van der Waals surface area contributed by atoms with Crippen LogP contribution < -0.4 is 10.6 Å². The third-order valence-electron chi connectivity index (χ3n) is 2.90. The van der Waals surface area contributed by atoms with Crippen LogP contribution in [0.15, 0.2) is 28.7 Å². The van der Waals surface area contributed by atoms with Crippen LogP contribution in [-0.2, 0) is 11.3 Å². The van der Waals surface area contributed by atoms with Crippen LogP contribution in [0.3, 0.4) is 0 Å². The van der Waals surface area contributed by atoms with Crippen molar-refractivity contribution in [2.45, 2.75) is 26.4 Å². The van der Waals surface area contributed by atoms with Crippen LogP contribution in [0.25, 0.3) is 11.0 Å².